The molecule has 1 aliphatic rings. The molecule has 1 heterocycles. The molecule has 0 spiro atoms. The molecule has 5 nitrogen and oxygen atoms in total. The van der Waals surface area contributed by atoms with E-state index in [1.54, 1.807) is 17.0 Å². The molecule has 1 aromatic rings. The van der Waals surface area contributed by atoms with E-state index in [-0.39, 0.29) is 31.2 Å². The van der Waals surface area contributed by atoms with Gasteiger partial charge in [-0.3, -0.25) is 4.79 Å². The zero-order valence-electron chi connectivity index (χ0n) is 12.1. The number of nitrogens with two attached hydrogens (primary N) is 1. The maximum atomic E-state index is 12.6. The van der Waals surface area contributed by atoms with E-state index in [2.05, 4.69) is 11.8 Å². The summed E-state index contributed by atoms with van der Waals surface area (Å²) in [4.78, 5) is 14.3. The number of morpholine rings is 1. The molecule has 0 saturated carbocycles. The lowest BCUT2D eigenvalue weighted by atomic mass is 10.1. The molecule has 2 unspecified atom stereocenters. The maximum absolute atomic E-state index is 12.6. The van der Waals surface area contributed by atoms with E-state index in [9.17, 15) is 9.90 Å². The molecule has 5 heteroatoms. The normalized spacial score (nSPS) is 21.6. The number of hydrogen-bond acceptors (Lipinski definition) is 4. The minimum Gasteiger partial charge on any atom is -0.394 e. The molecule has 1 amide bonds. The molecule has 0 aromatic heterocycles. The third-order valence-corrected chi connectivity index (χ3v) is 3.41. The van der Waals surface area contributed by atoms with E-state index >= 15 is 0 Å². The van der Waals surface area contributed by atoms with Crippen LogP contribution in [-0.4, -0.2) is 54.4 Å². The molecule has 0 radical (unpaired) electrons. The number of carbonyl (C=O) groups excluding carboxylic acids is 1. The van der Waals surface area contributed by atoms with Gasteiger partial charge in [0, 0.05) is 17.7 Å². The molecule has 112 valence electrons. The average Bonchev–Trinajstić information content (AvgIpc) is 2.53. The lowest BCUT2D eigenvalue weighted by molar-refractivity contribution is -0.0667. The van der Waals surface area contributed by atoms with Gasteiger partial charge in [0.05, 0.1) is 31.9 Å². The van der Waals surface area contributed by atoms with Gasteiger partial charge in [-0.1, -0.05) is 17.9 Å². The second kappa shape index (κ2) is 7.23. The Balaban J connectivity index is 2.18. The summed E-state index contributed by atoms with van der Waals surface area (Å²) in [6, 6.07) is 7.17. The standard InChI is InChI=1S/C16H20N2O3/c1-12-11-21-15(10-19)9-18(12)16(20)14-6-2-4-13(8-14)5-3-7-17/h2,4,6,8,12,15,19H,7,9-11,17H2,1H3. The Hall–Kier alpha value is -1.87. The van der Waals surface area contributed by atoms with Crippen molar-refractivity contribution in [1.82, 2.24) is 4.90 Å². The number of benzene rings is 1. The van der Waals surface area contributed by atoms with E-state index in [4.69, 9.17) is 10.5 Å². The highest BCUT2D eigenvalue weighted by atomic mass is 16.5. The first-order chi connectivity index (χ1) is 10.2. The fourth-order valence-corrected chi connectivity index (χ4v) is 2.26. The van der Waals surface area contributed by atoms with Crippen molar-refractivity contribution in [2.45, 2.75) is 19.1 Å². The lowest BCUT2D eigenvalue weighted by Crippen LogP contribution is -2.52. The predicted octanol–water partition coefficient (Wildman–Crippen LogP) is 0.219. The third-order valence-electron chi connectivity index (χ3n) is 3.41. The third kappa shape index (κ3) is 3.82. The molecular weight excluding hydrogens is 268 g/mol. The molecule has 0 bridgehead atoms. The fraction of sp³-hybridized carbons (Fsp3) is 0.438. The molecule has 1 aromatic carbocycles. The van der Waals surface area contributed by atoms with Crippen LogP contribution in [0.3, 0.4) is 0 Å². The molecular formula is C16H20N2O3. The average molecular weight is 288 g/mol. The van der Waals surface area contributed by atoms with E-state index in [0.717, 1.165) is 5.56 Å². The topological polar surface area (TPSA) is 75.8 Å². The SMILES string of the molecule is CC1COC(CO)CN1C(=O)c1cccc(C#CCN)c1. The first-order valence-electron chi connectivity index (χ1n) is 6.98. The Labute approximate surface area is 124 Å². The highest BCUT2D eigenvalue weighted by Gasteiger charge is 2.29. The molecule has 1 aliphatic heterocycles. The second-order valence-corrected chi connectivity index (χ2v) is 5.03. The highest BCUT2D eigenvalue weighted by molar-refractivity contribution is 5.94. The Morgan fingerprint density at radius 3 is 3.10 bits per heavy atom. The molecule has 0 aliphatic carbocycles. The van der Waals surface area contributed by atoms with Crippen LogP contribution in [0.4, 0.5) is 0 Å². The number of aliphatic hydroxyl groups excluding tert-OH is 1. The van der Waals surface area contributed by atoms with Crippen LogP contribution in [0.25, 0.3) is 0 Å². The van der Waals surface area contributed by atoms with Crippen LogP contribution >= 0.6 is 0 Å². The van der Waals surface area contributed by atoms with Crippen LogP contribution in [0.1, 0.15) is 22.8 Å². The zero-order valence-corrected chi connectivity index (χ0v) is 12.1. The van der Waals surface area contributed by atoms with Gasteiger partial charge in [0.25, 0.3) is 5.91 Å². The molecule has 2 rings (SSSR count). The number of hydrogen-bond donors (Lipinski definition) is 2. The summed E-state index contributed by atoms with van der Waals surface area (Å²) in [6.45, 7) is 2.97. The summed E-state index contributed by atoms with van der Waals surface area (Å²) in [5.41, 5.74) is 6.71. The van der Waals surface area contributed by atoms with Gasteiger partial charge in [0.15, 0.2) is 0 Å². The number of amides is 1. The predicted molar refractivity (Wildman–Crippen MR) is 79.7 cm³/mol. The molecule has 2 atom stereocenters. The molecule has 1 saturated heterocycles. The van der Waals surface area contributed by atoms with E-state index in [1.165, 1.54) is 0 Å². The Morgan fingerprint density at radius 2 is 2.38 bits per heavy atom. The molecule has 1 fully saturated rings. The van der Waals surface area contributed by atoms with Gasteiger partial charge in [-0.25, -0.2) is 0 Å². The fourth-order valence-electron chi connectivity index (χ4n) is 2.26. The summed E-state index contributed by atoms with van der Waals surface area (Å²) in [6.07, 6.45) is -0.314. The van der Waals surface area contributed by atoms with Crippen LogP contribution < -0.4 is 5.73 Å². The number of rotatable bonds is 2. The van der Waals surface area contributed by atoms with Crippen LogP contribution in [0, 0.1) is 11.8 Å². The van der Waals surface area contributed by atoms with Crippen molar-refractivity contribution >= 4 is 5.91 Å². The van der Waals surface area contributed by atoms with Crippen molar-refractivity contribution in [2.75, 3.05) is 26.3 Å². The monoisotopic (exact) mass is 288 g/mol. The summed E-state index contributed by atoms with van der Waals surface area (Å²) in [7, 11) is 0. The Kier molecular flexibility index (Phi) is 5.34. The van der Waals surface area contributed by atoms with Crippen molar-refractivity contribution < 1.29 is 14.6 Å². The highest BCUT2D eigenvalue weighted by Crippen LogP contribution is 2.16. The van der Waals surface area contributed by atoms with Crippen LogP contribution in [0.5, 0.6) is 0 Å². The first-order valence-corrected chi connectivity index (χ1v) is 6.98. The van der Waals surface area contributed by atoms with E-state index in [1.807, 2.05) is 19.1 Å². The number of carbonyl (C=O) groups is 1. The van der Waals surface area contributed by atoms with Crippen molar-refractivity contribution in [1.29, 1.82) is 0 Å². The van der Waals surface area contributed by atoms with E-state index in [0.29, 0.717) is 18.7 Å². The summed E-state index contributed by atoms with van der Waals surface area (Å²) in [5.74, 6) is 5.63. The van der Waals surface area contributed by atoms with Crippen molar-refractivity contribution in [3.63, 3.8) is 0 Å². The minimum atomic E-state index is -0.314. The summed E-state index contributed by atoms with van der Waals surface area (Å²) < 4.78 is 5.45. The van der Waals surface area contributed by atoms with Gasteiger partial charge in [-0.05, 0) is 25.1 Å². The van der Waals surface area contributed by atoms with Crippen LogP contribution in [0.15, 0.2) is 24.3 Å². The lowest BCUT2D eigenvalue weighted by Gasteiger charge is -2.37. The smallest absolute Gasteiger partial charge is 0.254 e. The molecule has 21 heavy (non-hydrogen) atoms. The second-order valence-electron chi connectivity index (χ2n) is 5.03. The summed E-state index contributed by atoms with van der Waals surface area (Å²) in [5, 5.41) is 9.20. The van der Waals surface area contributed by atoms with Crippen molar-refractivity contribution in [3.05, 3.63) is 35.4 Å². The van der Waals surface area contributed by atoms with Gasteiger partial charge < -0.3 is 20.5 Å². The maximum Gasteiger partial charge on any atom is 0.254 e. The van der Waals surface area contributed by atoms with Crippen molar-refractivity contribution in [3.8, 4) is 11.8 Å². The number of aliphatic hydroxyl groups is 1. The van der Waals surface area contributed by atoms with Crippen LogP contribution in [0.2, 0.25) is 0 Å². The van der Waals surface area contributed by atoms with Gasteiger partial charge in [-0.2, -0.15) is 0 Å². The number of nitrogens with zero attached hydrogens (tertiary/aromatic N) is 1. The Bertz CT molecular complexity index is 562. The summed E-state index contributed by atoms with van der Waals surface area (Å²) >= 11 is 0. The number of ether oxygens (including phenoxy) is 1. The van der Waals surface area contributed by atoms with Gasteiger partial charge in [0.1, 0.15) is 0 Å². The first kappa shape index (κ1) is 15.5. The zero-order chi connectivity index (χ0) is 15.2. The Morgan fingerprint density at radius 1 is 1.57 bits per heavy atom. The van der Waals surface area contributed by atoms with Crippen LogP contribution in [-0.2, 0) is 4.74 Å². The van der Waals surface area contributed by atoms with Gasteiger partial charge in [0.2, 0.25) is 0 Å². The quantitative estimate of drug-likeness (QED) is 0.763. The van der Waals surface area contributed by atoms with Crippen molar-refractivity contribution in [2.24, 2.45) is 5.73 Å². The largest absolute Gasteiger partial charge is 0.394 e. The van der Waals surface area contributed by atoms with Gasteiger partial charge >= 0.3 is 0 Å². The van der Waals surface area contributed by atoms with Gasteiger partial charge in [-0.15, -0.1) is 0 Å². The minimum absolute atomic E-state index is 0.0147. The van der Waals surface area contributed by atoms with E-state index < -0.39 is 0 Å². The molecule has 3 N–H and O–H groups in total.